The van der Waals surface area contributed by atoms with Crippen LogP contribution < -0.4 is 11.1 Å². The van der Waals surface area contributed by atoms with E-state index in [1.807, 2.05) is 12.3 Å². The number of nitrogen functional groups attached to an aromatic ring is 1. The molecule has 4 saturated carbocycles. The van der Waals surface area contributed by atoms with E-state index in [1.54, 1.807) is 7.11 Å². The molecule has 32 heavy (non-hydrogen) atoms. The van der Waals surface area contributed by atoms with Crippen molar-refractivity contribution in [3.63, 3.8) is 0 Å². The van der Waals surface area contributed by atoms with E-state index in [-0.39, 0.29) is 0 Å². The summed E-state index contributed by atoms with van der Waals surface area (Å²) in [5, 5.41) is 14.7. The minimum Gasteiger partial charge on any atom is -0.387 e. The van der Waals surface area contributed by atoms with Gasteiger partial charge in [0, 0.05) is 13.2 Å². The van der Waals surface area contributed by atoms with Gasteiger partial charge in [0.1, 0.15) is 5.82 Å². The average Bonchev–Trinajstić information content (AvgIpc) is 3.12. The van der Waals surface area contributed by atoms with Gasteiger partial charge in [-0.15, -0.1) is 0 Å². The minimum atomic E-state index is -0.581. The molecule has 0 saturated heterocycles. The van der Waals surface area contributed by atoms with Gasteiger partial charge in [0.2, 0.25) is 0 Å². The standard InChI is InChI=1S/C27H43N3O2/c1-17(30-19-5-9-25(28)29-15-19)23-7-8-24-22-6-4-18-14-27(31,16-32-3)13-11-20(18)21(22)10-12-26(23,24)2/h5,9,15,17-18,20-24,30-31H,4,6-8,10-14,16H2,1-3H3,(H2,28,29)/t17-,18-,20+,21-,22-,23-,24+,26-,27-/m1/s1. The van der Waals surface area contributed by atoms with E-state index in [2.05, 4.69) is 30.2 Å². The Morgan fingerprint density at radius 2 is 1.94 bits per heavy atom. The molecule has 5 heteroatoms. The van der Waals surface area contributed by atoms with Crippen molar-refractivity contribution >= 4 is 11.5 Å². The van der Waals surface area contributed by atoms with Crippen molar-refractivity contribution in [2.75, 3.05) is 24.8 Å². The van der Waals surface area contributed by atoms with Gasteiger partial charge in [0.15, 0.2) is 0 Å². The van der Waals surface area contributed by atoms with E-state index in [9.17, 15) is 5.11 Å². The Bertz CT molecular complexity index is 801. The lowest BCUT2D eigenvalue weighted by molar-refractivity contribution is -0.124. The van der Waals surface area contributed by atoms with Gasteiger partial charge in [-0.2, -0.15) is 0 Å². The Hall–Kier alpha value is -1.33. The molecule has 4 aliphatic carbocycles. The first-order valence-electron chi connectivity index (χ1n) is 13.0. The van der Waals surface area contributed by atoms with Crippen LogP contribution >= 0.6 is 0 Å². The summed E-state index contributed by atoms with van der Waals surface area (Å²) in [6, 6.07) is 4.39. The Morgan fingerprint density at radius 3 is 2.69 bits per heavy atom. The Balaban J connectivity index is 1.27. The van der Waals surface area contributed by atoms with Gasteiger partial charge in [-0.3, -0.25) is 0 Å². The van der Waals surface area contributed by atoms with Gasteiger partial charge >= 0.3 is 0 Å². The molecule has 9 atom stereocenters. The quantitative estimate of drug-likeness (QED) is 0.592. The van der Waals surface area contributed by atoms with Gasteiger partial charge in [0.25, 0.3) is 0 Å². The third-order valence-electron chi connectivity index (χ3n) is 10.4. The summed E-state index contributed by atoms with van der Waals surface area (Å²) >= 11 is 0. The van der Waals surface area contributed by atoms with Crippen LogP contribution in [0.1, 0.15) is 71.6 Å². The molecule has 4 aliphatic rings. The number of rotatable bonds is 5. The number of nitrogens with two attached hydrogens (primary N) is 1. The Labute approximate surface area is 193 Å². The molecule has 0 bridgehead atoms. The molecule has 1 heterocycles. The highest BCUT2D eigenvalue weighted by Gasteiger charge is 2.58. The fraction of sp³-hybridized carbons (Fsp3) is 0.815. The molecule has 0 amide bonds. The van der Waals surface area contributed by atoms with Crippen molar-refractivity contribution in [1.82, 2.24) is 4.98 Å². The molecule has 1 aromatic heterocycles. The first-order chi connectivity index (χ1) is 15.3. The van der Waals surface area contributed by atoms with Gasteiger partial charge < -0.3 is 20.9 Å². The zero-order valence-corrected chi connectivity index (χ0v) is 20.2. The number of aliphatic hydroxyl groups is 1. The van der Waals surface area contributed by atoms with Crippen molar-refractivity contribution in [1.29, 1.82) is 0 Å². The van der Waals surface area contributed by atoms with E-state index < -0.39 is 5.60 Å². The molecule has 0 radical (unpaired) electrons. The van der Waals surface area contributed by atoms with Crippen molar-refractivity contribution in [2.24, 2.45) is 40.9 Å². The summed E-state index contributed by atoms with van der Waals surface area (Å²) in [7, 11) is 1.72. The number of methoxy groups -OCH3 is 1. The summed E-state index contributed by atoms with van der Waals surface area (Å²) < 4.78 is 5.36. The number of hydrogen-bond acceptors (Lipinski definition) is 5. The van der Waals surface area contributed by atoms with Gasteiger partial charge in [-0.05, 0) is 118 Å². The average molecular weight is 442 g/mol. The number of nitrogens with zero attached hydrogens (tertiary/aromatic N) is 1. The second-order valence-electron chi connectivity index (χ2n) is 12.0. The second kappa shape index (κ2) is 8.47. The second-order valence-corrected chi connectivity index (χ2v) is 12.0. The van der Waals surface area contributed by atoms with E-state index >= 15 is 0 Å². The third-order valence-corrected chi connectivity index (χ3v) is 10.4. The number of nitrogens with one attached hydrogen (secondary N) is 1. The Kier molecular flexibility index (Phi) is 5.94. The molecule has 4 N–H and O–H groups in total. The lowest BCUT2D eigenvalue weighted by atomic mass is 9.48. The molecular weight excluding hydrogens is 398 g/mol. The van der Waals surface area contributed by atoms with Crippen molar-refractivity contribution < 1.29 is 9.84 Å². The number of pyridine rings is 1. The monoisotopic (exact) mass is 441 g/mol. The highest BCUT2D eigenvalue weighted by molar-refractivity contribution is 5.46. The van der Waals surface area contributed by atoms with Crippen molar-refractivity contribution in [2.45, 2.75) is 83.3 Å². The zero-order chi connectivity index (χ0) is 22.5. The van der Waals surface area contributed by atoms with Gasteiger partial charge in [-0.1, -0.05) is 6.92 Å². The van der Waals surface area contributed by atoms with Crippen LogP contribution in [0.5, 0.6) is 0 Å². The molecule has 1 aromatic rings. The summed E-state index contributed by atoms with van der Waals surface area (Å²) in [6.07, 6.45) is 13.1. The molecule has 0 unspecified atom stereocenters. The van der Waals surface area contributed by atoms with Crippen molar-refractivity contribution in [3.8, 4) is 0 Å². The van der Waals surface area contributed by atoms with Crippen LogP contribution in [0.25, 0.3) is 0 Å². The number of ether oxygens (including phenoxy) is 1. The number of hydrogen-bond donors (Lipinski definition) is 3. The van der Waals surface area contributed by atoms with E-state index in [1.165, 1.54) is 44.9 Å². The van der Waals surface area contributed by atoms with Crippen LogP contribution in [0, 0.1) is 40.9 Å². The van der Waals surface area contributed by atoms with E-state index in [4.69, 9.17) is 10.5 Å². The normalized spacial score (nSPS) is 44.2. The zero-order valence-electron chi connectivity index (χ0n) is 20.2. The van der Waals surface area contributed by atoms with Crippen LogP contribution in [-0.2, 0) is 4.74 Å². The highest BCUT2D eigenvalue weighted by atomic mass is 16.5. The summed E-state index contributed by atoms with van der Waals surface area (Å²) in [5.41, 5.74) is 6.71. The third kappa shape index (κ3) is 3.83. The fourth-order valence-corrected chi connectivity index (χ4v) is 9.08. The lowest BCUT2D eigenvalue weighted by Gasteiger charge is -2.57. The maximum atomic E-state index is 11.0. The molecule has 0 aromatic carbocycles. The van der Waals surface area contributed by atoms with Crippen LogP contribution in [0.15, 0.2) is 18.3 Å². The fourth-order valence-electron chi connectivity index (χ4n) is 9.08. The molecule has 5 rings (SSSR count). The van der Waals surface area contributed by atoms with Crippen LogP contribution in [0.4, 0.5) is 11.5 Å². The van der Waals surface area contributed by atoms with Gasteiger partial charge in [0.05, 0.1) is 24.1 Å². The summed E-state index contributed by atoms with van der Waals surface area (Å²) in [4.78, 5) is 4.26. The first kappa shape index (κ1) is 22.5. The van der Waals surface area contributed by atoms with Crippen LogP contribution in [0.2, 0.25) is 0 Å². The predicted octanol–water partition coefficient (Wildman–Crippen LogP) is 5.11. The predicted molar refractivity (Wildman–Crippen MR) is 129 cm³/mol. The lowest BCUT2D eigenvalue weighted by Crippen LogP contribution is -2.52. The molecule has 0 spiro atoms. The SMILES string of the molecule is COC[C@@]1(O)CC[C@H]2[C@H](CC[C@@H]3[C@@H]2CC[C@]2(C)[C@@H]([C@@H](C)Nc4ccc(N)nc4)CC[C@@H]32)C1. The van der Waals surface area contributed by atoms with Gasteiger partial charge in [-0.25, -0.2) is 4.98 Å². The number of anilines is 2. The summed E-state index contributed by atoms with van der Waals surface area (Å²) in [5.74, 6) is 5.44. The first-order valence-corrected chi connectivity index (χ1v) is 13.0. The molecule has 0 aliphatic heterocycles. The van der Waals surface area contributed by atoms with Crippen LogP contribution in [0.3, 0.4) is 0 Å². The van der Waals surface area contributed by atoms with Crippen molar-refractivity contribution in [3.05, 3.63) is 18.3 Å². The smallest absolute Gasteiger partial charge is 0.123 e. The largest absolute Gasteiger partial charge is 0.387 e. The van der Waals surface area contributed by atoms with Crippen LogP contribution in [-0.4, -0.2) is 35.5 Å². The molecule has 178 valence electrons. The Morgan fingerprint density at radius 1 is 1.12 bits per heavy atom. The topological polar surface area (TPSA) is 80.4 Å². The maximum absolute atomic E-state index is 11.0. The number of aromatic nitrogens is 1. The summed E-state index contributed by atoms with van der Waals surface area (Å²) in [6.45, 7) is 5.48. The molecule has 4 fully saturated rings. The van der Waals surface area contributed by atoms with E-state index in [0.717, 1.165) is 42.2 Å². The number of fused-ring (bicyclic) bond motifs is 5. The highest BCUT2D eigenvalue weighted by Crippen LogP contribution is 2.65. The molecular formula is C27H43N3O2. The van der Waals surface area contributed by atoms with E-state index in [0.29, 0.717) is 35.7 Å². The minimum absolute atomic E-state index is 0.438. The maximum Gasteiger partial charge on any atom is 0.123 e. The molecule has 5 nitrogen and oxygen atoms in total.